The number of aliphatic hydroxyl groups is 1. The lowest BCUT2D eigenvalue weighted by Gasteiger charge is -2.35. The molecule has 3 aromatic carbocycles. The van der Waals surface area contributed by atoms with Crippen LogP contribution in [0.15, 0.2) is 66.7 Å². The lowest BCUT2D eigenvalue weighted by molar-refractivity contribution is 0.0436. The van der Waals surface area contributed by atoms with Crippen molar-refractivity contribution in [1.29, 1.82) is 0 Å². The number of benzene rings is 3. The smallest absolute Gasteiger partial charge is 0.317 e. The molecular weight excluding hydrogens is 444 g/mol. The van der Waals surface area contributed by atoms with Crippen molar-refractivity contribution >= 4 is 11.9 Å². The predicted octanol–water partition coefficient (Wildman–Crippen LogP) is 3.03. The Bertz CT molecular complexity index is 1250. The molecule has 7 nitrogen and oxygen atoms in total. The van der Waals surface area contributed by atoms with Crippen LogP contribution in [0.4, 0.5) is 13.6 Å². The summed E-state index contributed by atoms with van der Waals surface area (Å²) in [5.74, 6) is -1.55. The fourth-order valence-corrected chi connectivity index (χ4v) is 4.40. The van der Waals surface area contributed by atoms with E-state index in [4.69, 9.17) is 4.74 Å². The fourth-order valence-electron chi connectivity index (χ4n) is 4.40. The van der Waals surface area contributed by atoms with Gasteiger partial charge in [-0.05, 0) is 41.0 Å². The van der Waals surface area contributed by atoms with Crippen LogP contribution in [0.3, 0.4) is 0 Å². The summed E-state index contributed by atoms with van der Waals surface area (Å²) in [5.41, 5.74) is 0.635. The van der Waals surface area contributed by atoms with Gasteiger partial charge in [0.25, 0.3) is 5.91 Å². The van der Waals surface area contributed by atoms with Crippen molar-refractivity contribution < 1.29 is 28.2 Å². The highest BCUT2D eigenvalue weighted by Gasteiger charge is 2.50. The molecule has 0 aromatic heterocycles. The van der Waals surface area contributed by atoms with Crippen LogP contribution in [0.1, 0.15) is 27.0 Å². The van der Waals surface area contributed by atoms with Gasteiger partial charge in [-0.25, -0.2) is 13.6 Å². The third-order valence-electron chi connectivity index (χ3n) is 6.14. The van der Waals surface area contributed by atoms with E-state index in [0.29, 0.717) is 11.1 Å². The molecule has 1 saturated heterocycles. The van der Waals surface area contributed by atoms with Gasteiger partial charge in [-0.3, -0.25) is 4.79 Å². The number of carbonyl (C=O) groups excluding carboxylic acids is 2. The van der Waals surface area contributed by atoms with Crippen molar-refractivity contribution in [1.82, 2.24) is 15.5 Å². The molecular formula is C25H21F2N3O4. The molecule has 0 saturated carbocycles. The molecule has 0 aliphatic carbocycles. The Hall–Kier alpha value is -3.98. The number of urea groups is 1. The maximum Gasteiger partial charge on any atom is 0.317 e. The van der Waals surface area contributed by atoms with Gasteiger partial charge in [0.1, 0.15) is 18.0 Å². The molecule has 34 heavy (non-hydrogen) atoms. The Morgan fingerprint density at radius 1 is 1.06 bits per heavy atom. The van der Waals surface area contributed by atoms with E-state index in [9.17, 15) is 23.5 Å². The minimum atomic E-state index is -1.41. The first kappa shape index (κ1) is 21.8. The molecule has 3 aromatic rings. The molecule has 2 aliphatic rings. The van der Waals surface area contributed by atoms with Crippen molar-refractivity contribution in [2.24, 2.45) is 0 Å². The first-order valence-electron chi connectivity index (χ1n) is 10.7. The Kier molecular flexibility index (Phi) is 5.41. The Labute approximate surface area is 194 Å². The standard InChI is InChI=1S/C25H21F2N3O4/c26-18-8-6-17(7-9-18)25(23(32)28-24(33)29-25)14-30-12-16-10-21(20(27)11-19(16)22(30)31)34-13-15-4-2-1-3-5-15/h1-11,23,32H,12-14H2,(H2,28,29,33). The SMILES string of the molecule is O=C1NC(O)C(CN2Cc3cc(OCc4ccccc4)c(F)cc3C2=O)(c2ccc(F)cc2)N1. The molecule has 2 atom stereocenters. The van der Waals surface area contributed by atoms with Crippen LogP contribution in [0.2, 0.25) is 0 Å². The summed E-state index contributed by atoms with van der Waals surface area (Å²) in [6, 6.07) is 16.6. The van der Waals surface area contributed by atoms with Gasteiger partial charge in [0.05, 0.1) is 6.54 Å². The highest BCUT2D eigenvalue weighted by Crippen LogP contribution is 2.35. The average Bonchev–Trinajstić information content (AvgIpc) is 3.28. The van der Waals surface area contributed by atoms with Crippen LogP contribution in [-0.2, 0) is 18.7 Å². The van der Waals surface area contributed by atoms with Gasteiger partial charge in [0.2, 0.25) is 0 Å². The molecule has 3 amide bonds. The first-order valence-corrected chi connectivity index (χ1v) is 10.7. The minimum Gasteiger partial charge on any atom is -0.486 e. The second-order valence-corrected chi connectivity index (χ2v) is 8.35. The van der Waals surface area contributed by atoms with Gasteiger partial charge in [-0.1, -0.05) is 42.5 Å². The lowest BCUT2D eigenvalue weighted by atomic mass is 9.88. The van der Waals surface area contributed by atoms with E-state index in [1.54, 1.807) is 0 Å². The van der Waals surface area contributed by atoms with Gasteiger partial charge in [-0.15, -0.1) is 0 Å². The first-order chi connectivity index (χ1) is 16.4. The highest BCUT2D eigenvalue weighted by molar-refractivity contribution is 5.98. The lowest BCUT2D eigenvalue weighted by Crippen LogP contribution is -2.54. The highest BCUT2D eigenvalue weighted by atomic mass is 19.1. The Morgan fingerprint density at radius 2 is 1.79 bits per heavy atom. The number of amides is 3. The van der Waals surface area contributed by atoms with E-state index in [1.807, 2.05) is 30.3 Å². The summed E-state index contributed by atoms with van der Waals surface area (Å²) in [6.07, 6.45) is -1.37. The number of hydrogen-bond donors (Lipinski definition) is 3. The van der Waals surface area contributed by atoms with Crippen LogP contribution in [0.5, 0.6) is 5.75 Å². The summed E-state index contributed by atoms with van der Waals surface area (Å²) < 4.78 is 33.8. The number of carbonyl (C=O) groups is 2. The van der Waals surface area contributed by atoms with Crippen molar-refractivity contribution in [3.63, 3.8) is 0 Å². The number of rotatable bonds is 6. The van der Waals surface area contributed by atoms with Crippen LogP contribution in [0.25, 0.3) is 0 Å². The molecule has 2 unspecified atom stereocenters. The second-order valence-electron chi connectivity index (χ2n) is 8.35. The monoisotopic (exact) mass is 465 g/mol. The molecule has 2 heterocycles. The van der Waals surface area contributed by atoms with E-state index in [1.165, 1.54) is 35.2 Å². The minimum absolute atomic E-state index is 0.0290. The number of aliphatic hydroxyl groups excluding tert-OH is 1. The Morgan fingerprint density at radius 3 is 2.47 bits per heavy atom. The van der Waals surface area contributed by atoms with Gasteiger partial charge in [0.15, 0.2) is 17.8 Å². The summed E-state index contributed by atoms with van der Waals surface area (Å²) in [6.45, 7) is 0.182. The maximum atomic E-state index is 14.7. The third kappa shape index (κ3) is 3.84. The molecule has 0 bridgehead atoms. The maximum absolute atomic E-state index is 14.7. The van der Waals surface area contributed by atoms with E-state index >= 15 is 0 Å². The van der Waals surface area contributed by atoms with Crippen molar-refractivity contribution in [2.75, 3.05) is 6.54 Å². The molecule has 0 radical (unpaired) electrons. The molecule has 5 rings (SSSR count). The molecule has 1 fully saturated rings. The van der Waals surface area contributed by atoms with Crippen molar-refractivity contribution in [3.8, 4) is 5.75 Å². The van der Waals surface area contributed by atoms with Crippen LogP contribution >= 0.6 is 0 Å². The normalized spacial score (nSPS) is 21.3. The van der Waals surface area contributed by atoms with E-state index in [-0.39, 0.29) is 31.0 Å². The summed E-state index contributed by atoms with van der Waals surface area (Å²) in [5, 5.41) is 15.7. The molecule has 2 aliphatic heterocycles. The van der Waals surface area contributed by atoms with Crippen LogP contribution in [-0.4, -0.2) is 34.7 Å². The van der Waals surface area contributed by atoms with Crippen molar-refractivity contribution in [2.45, 2.75) is 24.9 Å². The van der Waals surface area contributed by atoms with E-state index in [0.717, 1.165) is 11.6 Å². The van der Waals surface area contributed by atoms with Gasteiger partial charge >= 0.3 is 6.03 Å². The average molecular weight is 465 g/mol. The molecule has 174 valence electrons. The zero-order chi connectivity index (χ0) is 23.9. The Balaban J connectivity index is 1.40. The predicted molar refractivity (Wildman–Crippen MR) is 118 cm³/mol. The largest absolute Gasteiger partial charge is 0.486 e. The van der Waals surface area contributed by atoms with E-state index in [2.05, 4.69) is 10.6 Å². The van der Waals surface area contributed by atoms with Crippen LogP contribution < -0.4 is 15.4 Å². The number of ether oxygens (including phenoxy) is 1. The quantitative estimate of drug-likeness (QED) is 0.522. The third-order valence-corrected chi connectivity index (χ3v) is 6.14. The molecule has 0 spiro atoms. The second kappa shape index (κ2) is 8.42. The molecule has 3 N–H and O–H groups in total. The summed E-state index contributed by atoms with van der Waals surface area (Å²) in [7, 11) is 0. The van der Waals surface area contributed by atoms with Gasteiger partial charge in [-0.2, -0.15) is 0 Å². The number of nitrogens with zero attached hydrogens (tertiary/aromatic N) is 1. The zero-order valence-electron chi connectivity index (χ0n) is 17.9. The zero-order valence-corrected chi connectivity index (χ0v) is 17.9. The number of hydrogen-bond acceptors (Lipinski definition) is 4. The van der Waals surface area contributed by atoms with Crippen molar-refractivity contribution in [3.05, 3.63) is 101 Å². The van der Waals surface area contributed by atoms with Gasteiger partial charge < -0.3 is 25.4 Å². The summed E-state index contributed by atoms with van der Waals surface area (Å²) >= 11 is 0. The summed E-state index contributed by atoms with van der Waals surface area (Å²) in [4.78, 5) is 26.5. The van der Waals surface area contributed by atoms with Crippen LogP contribution in [0, 0.1) is 11.6 Å². The van der Waals surface area contributed by atoms with E-state index < -0.39 is 35.3 Å². The van der Waals surface area contributed by atoms with Gasteiger partial charge in [0, 0.05) is 12.1 Å². The number of nitrogens with one attached hydrogen (secondary N) is 2. The topological polar surface area (TPSA) is 90.9 Å². The number of halogens is 2. The molecule has 9 heteroatoms. The fraction of sp³-hybridized carbons (Fsp3) is 0.200. The number of fused-ring (bicyclic) bond motifs is 1.